The summed E-state index contributed by atoms with van der Waals surface area (Å²) >= 11 is 0. The van der Waals surface area contributed by atoms with E-state index in [1.54, 1.807) is 24.7 Å². The third-order valence-corrected chi connectivity index (χ3v) is 8.52. The van der Waals surface area contributed by atoms with Crippen LogP contribution in [0.3, 0.4) is 0 Å². The summed E-state index contributed by atoms with van der Waals surface area (Å²) in [5.74, 6) is 1.45. The molecule has 47 heavy (non-hydrogen) atoms. The molecule has 0 fully saturated rings. The molecule has 0 radical (unpaired) electrons. The summed E-state index contributed by atoms with van der Waals surface area (Å²) in [4.78, 5) is 29.4. The lowest BCUT2D eigenvalue weighted by molar-refractivity contribution is 0.102. The predicted molar refractivity (Wildman–Crippen MR) is 180 cm³/mol. The van der Waals surface area contributed by atoms with Crippen LogP contribution in [0.15, 0.2) is 73.3 Å². The number of rotatable bonds is 4. The highest BCUT2D eigenvalue weighted by molar-refractivity contribution is 6.03. The van der Waals surface area contributed by atoms with Gasteiger partial charge in [-0.15, -0.1) is 0 Å². The zero-order valence-corrected chi connectivity index (χ0v) is 27.3. The molecule has 2 aliphatic rings. The SMILES string of the molecule is Cc1cc2c(cc1-c1cnc(N)cn1)C(C)(C)CO2.Cc1cc2c(cc1-c1cnc(NC(=O)c3ccccc3F)cn1)C(C)(C)CO2. The van der Waals surface area contributed by atoms with Crippen LogP contribution in [0.25, 0.3) is 22.5 Å². The molecule has 4 heterocycles. The molecule has 7 rings (SSSR count). The maximum atomic E-state index is 13.7. The fourth-order valence-electron chi connectivity index (χ4n) is 5.72. The topological polar surface area (TPSA) is 125 Å². The number of hydrogen-bond donors (Lipinski definition) is 2. The van der Waals surface area contributed by atoms with E-state index in [9.17, 15) is 9.18 Å². The number of hydrogen-bond acceptors (Lipinski definition) is 8. The van der Waals surface area contributed by atoms with E-state index in [1.807, 2.05) is 13.0 Å². The fraction of sp³-hybridized carbons (Fsp3) is 0.270. The summed E-state index contributed by atoms with van der Waals surface area (Å²) in [6.07, 6.45) is 6.38. The molecule has 3 aromatic carbocycles. The number of benzene rings is 3. The van der Waals surface area contributed by atoms with E-state index in [1.165, 1.54) is 30.0 Å². The normalized spacial score (nSPS) is 15.0. The molecule has 0 unspecified atom stereocenters. The summed E-state index contributed by atoms with van der Waals surface area (Å²) in [6.45, 7) is 14.1. The highest BCUT2D eigenvalue weighted by Gasteiger charge is 2.33. The first kappa shape index (κ1) is 31.6. The van der Waals surface area contributed by atoms with E-state index in [4.69, 9.17) is 15.2 Å². The molecule has 5 aromatic rings. The van der Waals surface area contributed by atoms with Crippen molar-refractivity contribution in [3.05, 3.63) is 107 Å². The average molecular weight is 633 g/mol. The van der Waals surface area contributed by atoms with Gasteiger partial charge in [0.05, 0.1) is 55.0 Å². The zero-order valence-electron chi connectivity index (χ0n) is 27.3. The first-order valence-corrected chi connectivity index (χ1v) is 15.3. The molecule has 10 heteroatoms. The Morgan fingerprint density at radius 2 is 1.30 bits per heavy atom. The van der Waals surface area contributed by atoms with Gasteiger partial charge in [-0.3, -0.25) is 14.8 Å². The summed E-state index contributed by atoms with van der Waals surface area (Å²) in [5, 5.41) is 2.57. The molecule has 0 aliphatic carbocycles. The van der Waals surface area contributed by atoms with Crippen LogP contribution >= 0.6 is 0 Å². The van der Waals surface area contributed by atoms with Gasteiger partial charge in [-0.25, -0.2) is 14.4 Å². The van der Waals surface area contributed by atoms with Crippen molar-refractivity contribution < 1.29 is 18.7 Å². The number of nitrogens with one attached hydrogen (secondary N) is 1. The Morgan fingerprint density at radius 3 is 1.79 bits per heavy atom. The molecule has 2 aromatic heterocycles. The first-order chi connectivity index (χ1) is 22.3. The number of nitrogen functional groups attached to an aromatic ring is 1. The number of carbonyl (C=O) groups excluding carboxylic acids is 1. The van der Waals surface area contributed by atoms with Crippen LogP contribution in [0.2, 0.25) is 0 Å². The van der Waals surface area contributed by atoms with Gasteiger partial charge in [-0.1, -0.05) is 39.8 Å². The largest absolute Gasteiger partial charge is 0.492 e. The highest BCUT2D eigenvalue weighted by atomic mass is 19.1. The number of fused-ring (bicyclic) bond motifs is 2. The predicted octanol–water partition coefficient (Wildman–Crippen LogP) is 7.22. The Kier molecular flexibility index (Phi) is 8.13. The van der Waals surface area contributed by atoms with Crippen LogP contribution in [0.5, 0.6) is 11.5 Å². The maximum Gasteiger partial charge on any atom is 0.259 e. The van der Waals surface area contributed by atoms with Crippen LogP contribution in [0.1, 0.15) is 60.3 Å². The smallest absolute Gasteiger partial charge is 0.259 e. The van der Waals surface area contributed by atoms with Gasteiger partial charge in [0.2, 0.25) is 0 Å². The second kappa shape index (κ2) is 12.1. The maximum absolute atomic E-state index is 13.7. The molecule has 0 spiro atoms. The minimum atomic E-state index is -0.580. The van der Waals surface area contributed by atoms with Gasteiger partial charge in [0.15, 0.2) is 5.82 Å². The van der Waals surface area contributed by atoms with Crippen molar-refractivity contribution in [3.8, 4) is 34.0 Å². The van der Waals surface area contributed by atoms with E-state index in [-0.39, 0.29) is 22.2 Å². The van der Waals surface area contributed by atoms with Crippen molar-refractivity contribution in [1.29, 1.82) is 0 Å². The zero-order chi connectivity index (χ0) is 33.5. The Bertz CT molecular complexity index is 1970. The van der Waals surface area contributed by atoms with Gasteiger partial charge in [0, 0.05) is 33.1 Å². The van der Waals surface area contributed by atoms with Gasteiger partial charge in [-0.05, 0) is 61.4 Å². The summed E-state index contributed by atoms with van der Waals surface area (Å²) < 4.78 is 25.3. The Hall–Kier alpha value is -5.38. The second-order valence-corrected chi connectivity index (χ2v) is 13.2. The number of halogens is 1. The van der Waals surface area contributed by atoms with Crippen molar-refractivity contribution in [2.45, 2.75) is 52.4 Å². The molecule has 2 aliphatic heterocycles. The molecule has 240 valence electrons. The highest BCUT2D eigenvalue weighted by Crippen LogP contribution is 2.43. The third-order valence-electron chi connectivity index (χ3n) is 8.52. The first-order valence-electron chi connectivity index (χ1n) is 15.3. The van der Waals surface area contributed by atoms with Crippen molar-refractivity contribution in [2.75, 3.05) is 24.3 Å². The van der Waals surface area contributed by atoms with E-state index in [2.05, 4.69) is 78.1 Å². The molecule has 0 saturated heterocycles. The number of carbonyl (C=O) groups is 1. The van der Waals surface area contributed by atoms with Gasteiger partial charge < -0.3 is 20.5 Å². The minimum absolute atomic E-state index is 0.0370. The number of anilines is 2. The Balaban J connectivity index is 0.000000177. The lowest BCUT2D eigenvalue weighted by atomic mass is 9.85. The number of nitrogens with zero attached hydrogens (tertiary/aromatic N) is 4. The minimum Gasteiger partial charge on any atom is -0.492 e. The molecule has 0 atom stereocenters. The number of nitrogens with two attached hydrogens (primary N) is 1. The van der Waals surface area contributed by atoms with Crippen LogP contribution in [-0.2, 0) is 10.8 Å². The van der Waals surface area contributed by atoms with Crippen molar-refractivity contribution in [1.82, 2.24) is 19.9 Å². The molecule has 0 bridgehead atoms. The summed E-state index contributed by atoms with van der Waals surface area (Å²) in [5.41, 5.74) is 13.7. The van der Waals surface area contributed by atoms with Crippen LogP contribution in [0.4, 0.5) is 16.0 Å². The fourth-order valence-corrected chi connectivity index (χ4v) is 5.72. The van der Waals surface area contributed by atoms with Gasteiger partial charge >= 0.3 is 0 Å². The molecular formula is C37H37FN6O3. The molecule has 1 amide bonds. The van der Waals surface area contributed by atoms with Crippen LogP contribution in [0, 0.1) is 19.7 Å². The third kappa shape index (κ3) is 6.36. The van der Waals surface area contributed by atoms with Crippen molar-refractivity contribution >= 4 is 17.5 Å². The number of aryl methyl sites for hydroxylation is 2. The van der Waals surface area contributed by atoms with Gasteiger partial charge in [0.1, 0.15) is 23.1 Å². The van der Waals surface area contributed by atoms with Crippen molar-refractivity contribution in [3.63, 3.8) is 0 Å². The molecule has 9 nitrogen and oxygen atoms in total. The van der Waals surface area contributed by atoms with E-state index in [0.717, 1.165) is 51.6 Å². The average Bonchev–Trinajstić information content (AvgIpc) is 3.50. The van der Waals surface area contributed by atoms with Crippen LogP contribution in [-0.4, -0.2) is 39.1 Å². The molecule has 0 saturated carbocycles. The van der Waals surface area contributed by atoms with E-state index >= 15 is 0 Å². The standard InChI is InChI=1S/C22H20FN3O2.C15H17N3O/c1-13-8-19-16(22(2,3)12-28-19)9-15(13)18-10-25-20(11-24-18)26-21(27)14-6-4-5-7-17(14)23;1-9-4-13-11(15(2,3)8-19-13)5-10(9)12-6-18-14(16)7-17-12/h4-11H,12H2,1-3H3,(H,25,26,27);4-7H,8H2,1-3H3,(H2,16,18). The number of ether oxygens (including phenoxy) is 2. The quantitative estimate of drug-likeness (QED) is 0.213. The van der Waals surface area contributed by atoms with Gasteiger partial charge in [0.25, 0.3) is 5.91 Å². The van der Waals surface area contributed by atoms with E-state index in [0.29, 0.717) is 18.1 Å². The monoisotopic (exact) mass is 632 g/mol. The number of aromatic nitrogens is 4. The summed E-state index contributed by atoms with van der Waals surface area (Å²) in [6, 6.07) is 14.2. The number of amides is 1. The van der Waals surface area contributed by atoms with Crippen LogP contribution < -0.4 is 20.5 Å². The second-order valence-electron chi connectivity index (χ2n) is 13.2. The van der Waals surface area contributed by atoms with Gasteiger partial charge in [-0.2, -0.15) is 0 Å². The molecular weight excluding hydrogens is 595 g/mol. The van der Waals surface area contributed by atoms with Crippen molar-refractivity contribution in [2.24, 2.45) is 0 Å². The Morgan fingerprint density at radius 1 is 0.766 bits per heavy atom. The lowest BCUT2D eigenvalue weighted by Gasteiger charge is -2.16. The molecule has 3 N–H and O–H groups in total. The van der Waals surface area contributed by atoms with E-state index < -0.39 is 11.7 Å². The summed E-state index contributed by atoms with van der Waals surface area (Å²) in [7, 11) is 0. The lowest BCUT2D eigenvalue weighted by Crippen LogP contribution is -2.18. The Labute approximate surface area is 273 Å².